The Hall–Kier alpha value is -1.82. The van der Waals surface area contributed by atoms with Gasteiger partial charge in [0.15, 0.2) is 6.19 Å². The molecule has 0 saturated heterocycles. The molecule has 26 heavy (non-hydrogen) atoms. The summed E-state index contributed by atoms with van der Waals surface area (Å²) in [5.74, 6) is -0.392. The van der Waals surface area contributed by atoms with E-state index in [4.69, 9.17) is 10.00 Å². The minimum atomic E-state index is -3.55. The largest absolute Gasteiger partial charge is 0.446 e. The van der Waals surface area contributed by atoms with Gasteiger partial charge in [0.1, 0.15) is 22.0 Å². The fourth-order valence-corrected chi connectivity index (χ4v) is 4.16. The molecule has 148 valence electrons. The van der Waals surface area contributed by atoms with Crippen LogP contribution in [0.1, 0.15) is 40.0 Å². The van der Waals surface area contributed by atoms with Crippen molar-refractivity contribution in [2.24, 2.45) is 17.8 Å². The maximum absolute atomic E-state index is 12.3. The number of likely N-dealkylation sites (N-methyl/N-ethyl adjacent to an activating group) is 1. The van der Waals surface area contributed by atoms with E-state index in [0.717, 1.165) is 25.5 Å². The summed E-state index contributed by atoms with van der Waals surface area (Å²) in [6.07, 6.45) is 4.23. The lowest BCUT2D eigenvalue weighted by molar-refractivity contribution is -0.128. The fourth-order valence-electron chi connectivity index (χ4n) is 3.32. The van der Waals surface area contributed by atoms with Crippen LogP contribution >= 0.6 is 0 Å². The highest BCUT2D eigenvalue weighted by atomic mass is 32.2. The Kier molecular flexibility index (Phi) is 7.87. The Morgan fingerprint density at radius 3 is 2.46 bits per heavy atom. The number of nitrogens with one attached hydrogen (secondary N) is 1. The highest BCUT2D eigenvalue weighted by Gasteiger charge is 2.35. The predicted molar refractivity (Wildman–Crippen MR) is 96.6 cm³/mol. The van der Waals surface area contributed by atoms with E-state index in [0.29, 0.717) is 16.7 Å². The lowest BCUT2D eigenvalue weighted by atomic mass is 9.75. The van der Waals surface area contributed by atoms with Crippen LogP contribution < -0.4 is 5.32 Å². The van der Waals surface area contributed by atoms with E-state index < -0.39 is 33.6 Å². The van der Waals surface area contributed by atoms with E-state index >= 15 is 0 Å². The van der Waals surface area contributed by atoms with Crippen molar-refractivity contribution in [3.05, 3.63) is 0 Å². The third-order valence-corrected chi connectivity index (χ3v) is 5.70. The lowest BCUT2D eigenvalue weighted by Crippen LogP contribution is -2.51. The van der Waals surface area contributed by atoms with E-state index in [2.05, 4.69) is 26.1 Å². The van der Waals surface area contributed by atoms with Gasteiger partial charge in [0.25, 0.3) is 5.91 Å². The van der Waals surface area contributed by atoms with Gasteiger partial charge in [-0.2, -0.15) is 5.26 Å². The van der Waals surface area contributed by atoms with Crippen molar-refractivity contribution in [2.75, 3.05) is 19.1 Å². The van der Waals surface area contributed by atoms with Crippen LogP contribution in [0.5, 0.6) is 0 Å². The quantitative estimate of drug-likeness (QED) is 0.546. The molecule has 1 aliphatic rings. The number of nitrogens with zero attached hydrogens (tertiary/aromatic N) is 2. The van der Waals surface area contributed by atoms with E-state index in [1.807, 2.05) is 0 Å². The molecule has 4 unspecified atom stereocenters. The second-order valence-electron chi connectivity index (χ2n) is 7.56. The smallest absolute Gasteiger partial charge is 0.408 e. The zero-order valence-electron chi connectivity index (χ0n) is 16.1. The van der Waals surface area contributed by atoms with Gasteiger partial charge in [0.2, 0.25) is 0 Å². The Labute approximate surface area is 155 Å². The molecular formula is C17H29N3O5S. The van der Waals surface area contributed by atoms with Crippen LogP contribution in [0.2, 0.25) is 0 Å². The summed E-state index contributed by atoms with van der Waals surface area (Å²) in [5.41, 5.74) is 0. The van der Waals surface area contributed by atoms with Crippen molar-refractivity contribution in [2.45, 2.75) is 52.2 Å². The summed E-state index contributed by atoms with van der Waals surface area (Å²) in [7, 11) is -2.34. The number of alkyl carbamates (subject to hydrolysis) is 1. The van der Waals surface area contributed by atoms with Gasteiger partial charge in [0, 0.05) is 13.3 Å². The van der Waals surface area contributed by atoms with Crippen molar-refractivity contribution in [3.63, 3.8) is 0 Å². The molecule has 1 aliphatic carbocycles. The summed E-state index contributed by atoms with van der Waals surface area (Å²) in [6.45, 7) is 6.25. The molecule has 4 atom stereocenters. The number of ether oxygens (including phenoxy) is 1. The molecule has 2 amide bonds. The highest BCUT2D eigenvalue weighted by Crippen LogP contribution is 2.35. The molecule has 1 fully saturated rings. The summed E-state index contributed by atoms with van der Waals surface area (Å²) in [4.78, 5) is 25.2. The molecule has 0 bridgehead atoms. The van der Waals surface area contributed by atoms with Crippen molar-refractivity contribution >= 4 is 21.8 Å². The first-order valence-corrected chi connectivity index (χ1v) is 10.8. The van der Waals surface area contributed by atoms with Gasteiger partial charge in [-0.05, 0) is 30.6 Å². The molecule has 0 aromatic carbocycles. The van der Waals surface area contributed by atoms with Crippen LogP contribution in [-0.2, 0) is 19.4 Å². The third-order valence-electron chi connectivity index (χ3n) is 4.76. The predicted octanol–water partition coefficient (Wildman–Crippen LogP) is 1.53. The minimum Gasteiger partial charge on any atom is -0.446 e. The Bertz CT molecular complexity index is 656. The minimum absolute atomic E-state index is 0.225. The van der Waals surface area contributed by atoms with E-state index in [1.165, 1.54) is 7.05 Å². The lowest BCUT2D eigenvalue weighted by Gasteiger charge is -2.36. The second-order valence-corrected chi connectivity index (χ2v) is 9.74. The zero-order chi connectivity index (χ0) is 20.1. The average Bonchev–Trinajstić information content (AvgIpc) is 2.51. The maximum atomic E-state index is 12.3. The molecule has 1 N–H and O–H groups in total. The summed E-state index contributed by atoms with van der Waals surface area (Å²) in [6, 6.07) is -1.36. The molecule has 0 aliphatic heterocycles. The van der Waals surface area contributed by atoms with Crippen molar-refractivity contribution in [1.82, 2.24) is 10.2 Å². The Morgan fingerprint density at radius 1 is 1.35 bits per heavy atom. The highest BCUT2D eigenvalue weighted by molar-refractivity contribution is 7.90. The van der Waals surface area contributed by atoms with Crippen LogP contribution in [0.15, 0.2) is 0 Å². The van der Waals surface area contributed by atoms with Crippen molar-refractivity contribution in [3.8, 4) is 6.19 Å². The van der Waals surface area contributed by atoms with Gasteiger partial charge >= 0.3 is 6.09 Å². The third kappa shape index (κ3) is 6.83. The van der Waals surface area contributed by atoms with Crippen molar-refractivity contribution < 1.29 is 22.7 Å². The normalized spacial score (nSPS) is 24.4. The SMILES string of the molecule is CC1CCC(C(C)C)C(OC(=O)NC(CS(C)(=O)=O)C(=O)N(C)C#N)C1. The Balaban J connectivity index is 2.84. The van der Waals surface area contributed by atoms with E-state index in [-0.39, 0.29) is 12.0 Å². The number of carbonyl (C=O) groups excluding carboxylic acids is 2. The first-order valence-electron chi connectivity index (χ1n) is 8.76. The number of hydrogen-bond donors (Lipinski definition) is 1. The molecule has 0 heterocycles. The molecule has 0 spiro atoms. The topological polar surface area (TPSA) is 117 Å². The van der Waals surface area contributed by atoms with E-state index in [1.54, 1.807) is 6.19 Å². The molecule has 0 aromatic rings. The molecule has 0 radical (unpaired) electrons. The van der Waals surface area contributed by atoms with Gasteiger partial charge in [-0.25, -0.2) is 13.2 Å². The first kappa shape index (κ1) is 22.2. The van der Waals surface area contributed by atoms with Crippen LogP contribution in [0.4, 0.5) is 4.79 Å². The summed E-state index contributed by atoms with van der Waals surface area (Å²) < 4.78 is 28.7. The zero-order valence-corrected chi connectivity index (χ0v) is 16.9. The number of nitriles is 1. The Morgan fingerprint density at radius 2 is 1.96 bits per heavy atom. The standard InChI is InChI=1S/C17H29N3O5S/c1-11(2)13-7-6-12(3)8-15(13)25-17(22)19-14(9-26(5,23)24)16(21)20(4)10-18/h11-15H,6-9H2,1-5H3,(H,19,22). The number of rotatable bonds is 6. The van der Waals surface area contributed by atoms with Gasteiger partial charge in [-0.1, -0.05) is 27.2 Å². The summed E-state index contributed by atoms with van der Waals surface area (Å²) >= 11 is 0. The van der Waals surface area contributed by atoms with Gasteiger partial charge in [-0.3, -0.25) is 9.69 Å². The maximum Gasteiger partial charge on any atom is 0.408 e. The molecule has 1 saturated carbocycles. The van der Waals surface area contributed by atoms with Crippen LogP contribution in [0.3, 0.4) is 0 Å². The monoisotopic (exact) mass is 387 g/mol. The number of hydrogen-bond acceptors (Lipinski definition) is 6. The molecule has 9 heteroatoms. The first-order chi connectivity index (χ1) is 11.9. The summed E-state index contributed by atoms with van der Waals surface area (Å²) in [5, 5.41) is 11.2. The van der Waals surface area contributed by atoms with Gasteiger partial charge in [0.05, 0.1) is 5.75 Å². The van der Waals surface area contributed by atoms with Gasteiger partial charge in [-0.15, -0.1) is 0 Å². The number of amides is 2. The molecule has 1 rings (SSSR count). The van der Waals surface area contributed by atoms with Crippen LogP contribution in [0.25, 0.3) is 0 Å². The fraction of sp³-hybridized carbons (Fsp3) is 0.824. The van der Waals surface area contributed by atoms with Crippen molar-refractivity contribution in [1.29, 1.82) is 5.26 Å². The molecule has 0 aromatic heterocycles. The number of sulfone groups is 1. The molecular weight excluding hydrogens is 358 g/mol. The molecule has 8 nitrogen and oxygen atoms in total. The van der Waals surface area contributed by atoms with Crippen LogP contribution in [0, 0.1) is 29.2 Å². The average molecular weight is 388 g/mol. The number of carbonyl (C=O) groups is 2. The van der Waals surface area contributed by atoms with Crippen LogP contribution in [-0.4, -0.2) is 56.5 Å². The van der Waals surface area contributed by atoms with E-state index in [9.17, 15) is 18.0 Å². The second kappa shape index (κ2) is 9.21. The van der Waals surface area contributed by atoms with Gasteiger partial charge < -0.3 is 10.1 Å².